The molecule has 0 aliphatic heterocycles. The zero-order valence-electron chi connectivity index (χ0n) is 11.5. The van der Waals surface area contributed by atoms with Crippen LogP contribution in [0.15, 0.2) is 18.3 Å². The average molecular weight is 280 g/mol. The van der Waals surface area contributed by atoms with Gasteiger partial charge >= 0.3 is 0 Å². The number of thiocarbonyl (C=S) groups is 1. The van der Waals surface area contributed by atoms with Crippen LogP contribution >= 0.6 is 12.2 Å². The van der Waals surface area contributed by atoms with E-state index in [-0.39, 0.29) is 16.9 Å². The lowest BCUT2D eigenvalue weighted by molar-refractivity contribution is 0.0931. The van der Waals surface area contributed by atoms with Gasteiger partial charge in [0.15, 0.2) is 0 Å². The first-order valence-electron chi connectivity index (χ1n) is 6.11. The van der Waals surface area contributed by atoms with Gasteiger partial charge in [-0.1, -0.05) is 12.2 Å². The molecule has 0 fully saturated rings. The van der Waals surface area contributed by atoms with Crippen molar-refractivity contribution >= 4 is 23.1 Å². The maximum absolute atomic E-state index is 11.9. The van der Waals surface area contributed by atoms with Crippen LogP contribution < -0.4 is 11.1 Å². The minimum atomic E-state index is -0.180. The number of nitrogens with zero attached hydrogens (tertiary/aromatic N) is 2. The minimum absolute atomic E-state index is 0.104. The molecule has 0 aliphatic carbocycles. The molecule has 0 bridgehead atoms. The number of nitrogens with one attached hydrogen (secondary N) is 1. The number of rotatable bonds is 6. The van der Waals surface area contributed by atoms with Gasteiger partial charge in [0.05, 0.1) is 0 Å². The van der Waals surface area contributed by atoms with E-state index in [0.29, 0.717) is 11.3 Å². The highest BCUT2D eigenvalue weighted by atomic mass is 32.1. The Morgan fingerprint density at radius 2 is 2.21 bits per heavy atom. The zero-order chi connectivity index (χ0) is 14.4. The number of pyridine rings is 1. The molecule has 0 aromatic carbocycles. The van der Waals surface area contributed by atoms with Crippen LogP contribution in [0.2, 0.25) is 0 Å². The van der Waals surface area contributed by atoms with Crippen LogP contribution in [-0.4, -0.2) is 47.5 Å². The van der Waals surface area contributed by atoms with Gasteiger partial charge < -0.3 is 16.0 Å². The second-order valence-corrected chi connectivity index (χ2v) is 5.20. The Hall–Kier alpha value is -1.53. The molecule has 0 saturated heterocycles. The summed E-state index contributed by atoms with van der Waals surface area (Å²) in [5, 5.41) is 2.91. The molecule has 1 atom stereocenters. The number of aromatic nitrogens is 1. The van der Waals surface area contributed by atoms with Gasteiger partial charge in [-0.2, -0.15) is 0 Å². The quantitative estimate of drug-likeness (QED) is 0.754. The molecule has 0 aliphatic rings. The number of hydrogen-bond donors (Lipinski definition) is 2. The third kappa shape index (κ3) is 5.32. The highest BCUT2D eigenvalue weighted by molar-refractivity contribution is 7.80. The zero-order valence-corrected chi connectivity index (χ0v) is 12.3. The predicted octanol–water partition coefficient (Wildman–Crippen LogP) is 0.786. The molecule has 104 valence electrons. The third-order valence-corrected chi connectivity index (χ3v) is 2.90. The van der Waals surface area contributed by atoms with Gasteiger partial charge in [-0.25, -0.2) is 0 Å². The monoisotopic (exact) mass is 280 g/mol. The summed E-state index contributed by atoms with van der Waals surface area (Å²) >= 11 is 4.83. The molecule has 1 amide bonds. The average Bonchev–Trinajstić information content (AvgIpc) is 2.36. The van der Waals surface area contributed by atoms with Gasteiger partial charge in [0.1, 0.15) is 10.7 Å². The Balaban J connectivity index is 2.55. The normalized spacial score (nSPS) is 12.2. The molecule has 19 heavy (non-hydrogen) atoms. The minimum Gasteiger partial charge on any atom is -0.389 e. The van der Waals surface area contributed by atoms with Crippen molar-refractivity contribution in [3.8, 4) is 0 Å². The Morgan fingerprint density at radius 1 is 1.53 bits per heavy atom. The van der Waals surface area contributed by atoms with E-state index >= 15 is 0 Å². The summed E-state index contributed by atoms with van der Waals surface area (Å²) in [6.07, 6.45) is 2.41. The van der Waals surface area contributed by atoms with Gasteiger partial charge in [0, 0.05) is 17.8 Å². The second kappa shape index (κ2) is 7.16. The smallest absolute Gasteiger partial charge is 0.270 e. The number of hydrogen-bond acceptors (Lipinski definition) is 4. The molecular weight excluding hydrogens is 260 g/mol. The first-order valence-corrected chi connectivity index (χ1v) is 6.52. The molecule has 1 rings (SSSR count). The van der Waals surface area contributed by atoms with Crippen LogP contribution in [0.4, 0.5) is 0 Å². The molecule has 3 N–H and O–H groups in total. The SMILES string of the molecule is CC(CCN(C)C)NC(=O)c1ccc(C(N)=S)cn1. The summed E-state index contributed by atoms with van der Waals surface area (Å²) < 4.78 is 0. The molecule has 1 heterocycles. The lowest BCUT2D eigenvalue weighted by atomic mass is 10.2. The van der Waals surface area contributed by atoms with E-state index in [1.807, 2.05) is 21.0 Å². The van der Waals surface area contributed by atoms with Crippen molar-refractivity contribution in [2.45, 2.75) is 19.4 Å². The molecule has 6 heteroatoms. The molecule has 1 aromatic heterocycles. The number of carbonyl (C=O) groups is 1. The van der Waals surface area contributed by atoms with E-state index < -0.39 is 0 Å². The van der Waals surface area contributed by atoms with Crippen molar-refractivity contribution in [1.29, 1.82) is 0 Å². The molecule has 1 unspecified atom stereocenters. The Kier molecular flexibility index (Phi) is 5.85. The first-order chi connectivity index (χ1) is 8.90. The van der Waals surface area contributed by atoms with Crippen LogP contribution in [0.5, 0.6) is 0 Å². The molecular formula is C13H20N4OS. The summed E-state index contributed by atoms with van der Waals surface area (Å²) in [6.45, 7) is 2.90. The summed E-state index contributed by atoms with van der Waals surface area (Å²) in [5.74, 6) is -0.180. The van der Waals surface area contributed by atoms with E-state index in [1.165, 1.54) is 6.20 Å². The van der Waals surface area contributed by atoms with Crippen LogP contribution in [0.25, 0.3) is 0 Å². The maximum atomic E-state index is 11.9. The van der Waals surface area contributed by atoms with Crippen molar-refractivity contribution in [1.82, 2.24) is 15.2 Å². The first kappa shape index (κ1) is 15.5. The van der Waals surface area contributed by atoms with Gasteiger partial charge in [-0.15, -0.1) is 0 Å². The molecule has 5 nitrogen and oxygen atoms in total. The van der Waals surface area contributed by atoms with Gasteiger partial charge in [0.25, 0.3) is 5.91 Å². The van der Waals surface area contributed by atoms with E-state index in [9.17, 15) is 4.79 Å². The van der Waals surface area contributed by atoms with Crippen LogP contribution in [0.3, 0.4) is 0 Å². The maximum Gasteiger partial charge on any atom is 0.270 e. The van der Waals surface area contributed by atoms with Crippen LogP contribution in [0, 0.1) is 0 Å². The predicted molar refractivity (Wildman–Crippen MR) is 80.2 cm³/mol. The Morgan fingerprint density at radius 3 is 2.68 bits per heavy atom. The van der Waals surface area contributed by atoms with Crippen molar-refractivity contribution in [2.24, 2.45) is 5.73 Å². The van der Waals surface area contributed by atoms with Crippen molar-refractivity contribution in [2.75, 3.05) is 20.6 Å². The fourth-order valence-corrected chi connectivity index (χ4v) is 1.62. The largest absolute Gasteiger partial charge is 0.389 e. The highest BCUT2D eigenvalue weighted by Crippen LogP contribution is 2.01. The second-order valence-electron chi connectivity index (χ2n) is 4.76. The third-order valence-electron chi connectivity index (χ3n) is 2.67. The number of carbonyl (C=O) groups excluding carboxylic acids is 1. The lowest BCUT2D eigenvalue weighted by Crippen LogP contribution is -2.35. The standard InChI is InChI=1S/C13H20N4OS/c1-9(6-7-17(2)3)16-13(18)11-5-4-10(8-15-11)12(14)19/h4-5,8-9H,6-7H2,1-3H3,(H2,14,19)(H,16,18). The Labute approximate surface area is 119 Å². The van der Waals surface area contributed by atoms with Gasteiger partial charge in [-0.05, 0) is 46.1 Å². The van der Waals surface area contributed by atoms with Crippen molar-refractivity contribution in [3.05, 3.63) is 29.6 Å². The van der Waals surface area contributed by atoms with Gasteiger partial charge in [-0.3, -0.25) is 9.78 Å². The van der Waals surface area contributed by atoms with E-state index in [4.69, 9.17) is 18.0 Å². The summed E-state index contributed by atoms with van der Waals surface area (Å²) in [6, 6.07) is 3.43. The van der Waals surface area contributed by atoms with Gasteiger partial charge in [0.2, 0.25) is 0 Å². The molecule has 0 saturated carbocycles. The summed E-state index contributed by atoms with van der Waals surface area (Å²) in [7, 11) is 4.01. The van der Waals surface area contributed by atoms with Crippen molar-refractivity contribution < 1.29 is 4.79 Å². The molecule has 1 aromatic rings. The number of amides is 1. The fraction of sp³-hybridized carbons (Fsp3) is 0.462. The topological polar surface area (TPSA) is 71.2 Å². The van der Waals surface area contributed by atoms with Crippen molar-refractivity contribution in [3.63, 3.8) is 0 Å². The summed E-state index contributed by atoms with van der Waals surface area (Å²) in [4.78, 5) is 18.3. The lowest BCUT2D eigenvalue weighted by Gasteiger charge is -2.16. The molecule has 0 spiro atoms. The molecule has 0 radical (unpaired) electrons. The van der Waals surface area contributed by atoms with E-state index in [1.54, 1.807) is 12.1 Å². The van der Waals surface area contributed by atoms with E-state index in [0.717, 1.165) is 13.0 Å². The Bertz CT molecular complexity index is 444. The van der Waals surface area contributed by atoms with Crippen LogP contribution in [0.1, 0.15) is 29.4 Å². The van der Waals surface area contributed by atoms with Crippen LogP contribution in [-0.2, 0) is 0 Å². The fourth-order valence-electron chi connectivity index (χ4n) is 1.50. The number of nitrogens with two attached hydrogens (primary N) is 1. The highest BCUT2D eigenvalue weighted by Gasteiger charge is 2.11. The van der Waals surface area contributed by atoms with E-state index in [2.05, 4.69) is 15.2 Å². The summed E-state index contributed by atoms with van der Waals surface area (Å²) in [5.41, 5.74) is 6.51.